The molecule has 0 aliphatic rings. The van der Waals surface area contributed by atoms with E-state index < -0.39 is 6.10 Å². The first-order valence-corrected chi connectivity index (χ1v) is 4.94. The molecule has 0 saturated heterocycles. The molecule has 0 aliphatic carbocycles. The number of nitrogens with one attached hydrogen (secondary N) is 1. The van der Waals surface area contributed by atoms with Gasteiger partial charge in [-0.25, -0.2) is 0 Å². The van der Waals surface area contributed by atoms with E-state index in [1.54, 1.807) is 18.2 Å². The van der Waals surface area contributed by atoms with E-state index in [1.807, 2.05) is 0 Å². The highest BCUT2D eigenvalue weighted by molar-refractivity contribution is 9.10. The Morgan fingerprint density at radius 2 is 2.14 bits per heavy atom. The maximum atomic E-state index is 9.44. The fourth-order valence-electron chi connectivity index (χ4n) is 0.947. The van der Waals surface area contributed by atoms with Crippen LogP contribution in [0.3, 0.4) is 0 Å². The summed E-state index contributed by atoms with van der Waals surface area (Å²) in [6.45, 7) is -0.101. The number of phenols is 1. The van der Waals surface area contributed by atoms with Gasteiger partial charge in [0.2, 0.25) is 0 Å². The summed E-state index contributed by atoms with van der Waals surface area (Å²) in [7, 11) is 0. The first-order valence-electron chi connectivity index (χ1n) is 4.15. The van der Waals surface area contributed by atoms with Gasteiger partial charge in [-0.1, -0.05) is 15.9 Å². The molecule has 0 fully saturated rings. The highest BCUT2D eigenvalue weighted by atomic mass is 79.9. The zero-order valence-electron chi connectivity index (χ0n) is 7.44. The molecule has 0 radical (unpaired) electrons. The van der Waals surface area contributed by atoms with Crippen LogP contribution in [0.5, 0.6) is 5.75 Å². The molecule has 78 valence electrons. The predicted octanol–water partition coefficient (Wildman–Crippen LogP) is 0.920. The number of rotatable bonds is 4. The van der Waals surface area contributed by atoms with Gasteiger partial charge >= 0.3 is 0 Å². The lowest BCUT2D eigenvalue weighted by molar-refractivity contribution is 0.105. The van der Waals surface area contributed by atoms with Crippen molar-refractivity contribution in [1.82, 2.24) is 0 Å². The first-order chi connectivity index (χ1) is 6.63. The minimum absolute atomic E-state index is 0.101. The maximum Gasteiger partial charge on any atom is 0.139 e. The summed E-state index contributed by atoms with van der Waals surface area (Å²) in [4.78, 5) is 0. The summed E-state index contributed by atoms with van der Waals surface area (Å²) in [5.41, 5.74) is 0.528. The van der Waals surface area contributed by atoms with Crippen molar-refractivity contribution in [2.45, 2.75) is 6.10 Å². The van der Waals surface area contributed by atoms with E-state index in [2.05, 4.69) is 21.2 Å². The van der Waals surface area contributed by atoms with Gasteiger partial charge in [0.15, 0.2) is 0 Å². The maximum absolute atomic E-state index is 9.44. The van der Waals surface area contributed by atoms with Crippen molar-refractivity contribution >= 4 is 21.6 Å². The monoisotopic (exact) mass is 261 g/mol. The number of halogens is 1. The Morgan fingerprint density at radius 3 is 2.71 bits per heavy atom. The quantitative estimate of drug-likeness (QED) is 0.609. The Morgan fingerprint density at radius 1 is 1.43 bits per heavy atom. The molecule has 0 spiro atoms. The van der Waals surface area contributed by atoms with Crippen LogP contribution in [0.25, 0.3) is 0 Å². The van der Waals surface area contributed by atoms with Crippen molar-refractivity contribution in [1.29, 1.82) is 0 Å². The van der Waals surface area contributed by atoms with Crippen LogP contribution < -0.4 is 5.32 Å². The van der Waals surface area contributed by atoms with E-state index in [0.29, 0.717) is 5.69 Å². The number of benzene rings is 1. The van der Waals surface area contributed by atoms with Gasteiger partial charge in [0.1, 0.15) is 5.75 Å². The number of hydrogen-bond acceptors (Lipinski definition) is 4. The minimum atomic E-state index is -0.821. The SMILES string of the molecule is OCC(O)CNc1ccc(Br)cc1O. The van der Waals surface area contributed by atoms with Crippen LogP contribution in [-0.4, -0.2) is 34.6 Å². The van der Waals surface area contributed by atoms with Crippen LogP contribution in [0.15, 0.2) is 22.7 Å². The second-order valence-electron chi connectivity index (χ2n) is 2.88. The van der Waals surface area contributed by atoms with Crippen LogP contribution in [0.2, 0.25) is 0 Å². The average molecular weight is 262 g/mol. The summed E-state index contributed by atoms with van der Waals surface area (Å²) in [6, 6.07) is 5.00. The normalized spacial score (nSPS) is 12.5. The number of phenolic OH excluding ortho intramolecular Hbond substituents is 1. The number of aliphatic hydroxyl groups is 2. The van der Waals surface area contributed by atoms with E-state index in [9.17, 15) is 5.11 Å². The third-order valence-corrected chi connectivity index (χ3v) is 2.19. The van der Waals surface area contributed by atoms with Crippen LogP contribution >= 0.6 is 15.9 Å². The van der Waals surface area contributed by atoms with Crippen molar-refractivity contribution in [2.75, 3.05) is 18.5 Å². The molecule has 1 aromatic carbocycles. The van der Waals surface area contributed by atoms with Gasteiger partial charge in [-0.2, -0.15) is 0 Å². The summed E-state index contributed by atoms with van der Waals surface area (Å²) in [5, 5.41) is 29.9. The fourth-order valence-corrected chi connectivity index (χ4v) is 1.30. The second kappa shape index (κ2) is 5.19. The molecule has 1 unspecified atom stereocenters. The van der Waals surface area contributed by atoms with Gasteiger partial charge in [-0.05, 0) is 18.2 Å². The molecule has 1 atom stereocenters. The Balaban J connectivity index is 2.59. The zero-order chi connectivity index (χ0) is 10.6. The molecule has 0 heterocycles. The zero-order valence-corrected chi connectivity index (χ0v) is 9.03. The number of aromatic hydroxyl groups is 1. The molecule has 0 amide bonds. The van der Waals surface area contributed by atoms with E-state index in [4.69, 9.17) is 10.2 Å². The van der Waals surface area contributed by atoms with Crippen LogP contribution in [0, 0.1) is 0 Å². The van der Waals surface area contributed by atoms with E-state index in [0.717, 1.165) is 4.47 Å². The molecule has 0 bridgehead atoms. The average Bonchev–Trinajstić information content (AvgIpc) is 2.16. The van der Waals surface area contributed by atoms with E-state index in [-0.39, 0.29) is 18.9 Å². The number of aliphatic hydroxyl groups excluding tert-OH is 2. The molecule has 0 saturated carbocycles. The fraction of sp³-hybridized carbons (Fsp3) is 0.333. The van der Waals surface area contributed by atoms with Crippen molar-refractivity contribution in [3.05, 3.63) is 22.7 Å². The standard InChI is InChI=1S/C9H12BrNO3/c10-6-1-2-8(9(14)3-6)11-4-7(13)5-12/h1-3,7,11-14H,4-5H2. The van der Waals surface area contributed by atoms with Crippen LogP contribution in [0.4, 0.5) is 5.69 Å². The topological polar surface area (TPSA) is 72.7 Å². The second-order valence-corrected chi connectivity index (χ2v) is 3.79. The molecular formula is C9H12BrNO3. The number of anilines is 1. The van der Waals surface area contributed by atoms with Gasteiger partial charge in [-0.3, -0.25) is 0 Å². The predicted molar refractivity (Wildman–Crippen MR) is 57.4 cm³/mol. The summed E-state index contributed by atoms with van der Waals surface area (Å²) in [6.07, 6.45) is -0.821. The Labute approximate surface area is 90.3 Å². The molecular weight excluding hydrogens is 250 g/mol. The smallest absolute Gasteiger partial charge is 0.139 e. The van der Waals surface area contributed by atoms with Crippen LogP contribution in [0.1, 0.15) is 0 Å². The van der Waals surface area contributed by atoms with E-state index in [1.165, 1.54) is 0 Å². The lowest BCUT2D eigenvalue weighted by atomic mass is 10.3. The highest BCUT2D eigenvalue weighted by Gasteiger charge is 2.04. The van der Waals surface area contributed by atoms with Gasteiger partial charge < -0.3 is 20.6 Å². The summed E-state index contributed by atoms with van der Waals surface area (Å²) >= 11 is 3.21. The third-order valence-electron chi connectivity index (χ3n) is 1.70. The van der Waals surface area contributed by atoms with Crippen LogP contribution in [-0.2, 0) is 0 Å². The summed E-state index contributed by atoms with van der Waals surface area (Å²) in [5.74, 6) is 0.101. The Hall–Kier alpha value is -0.780. The lowest BCUT2D eigenvalue weighted by Gasteiger charge is -2.11. The Kier molecular flexibility index (Phi) is 4.19. The molecule has 5 heteroatoms. The first kappa shape index (κ1) is 11.3. The minimum Gasteiger partial charge on any atom is -0.506 e. The molecule has 0 aliphatic heterocycles. The molecule has 4 N–H and O–H groups in total. The van der Waals surface area contributed by atoms with Gasteiger partial charge in [0, 0.05) is 11.0 Å². The van der Waals surface area contributed by atoms with Crippen molar-refractivity contribution in [3.63, 3.8) is 0 Å². The molecule has 14 heavy (non-hydrogen) atoms. The Bertz CT molecular complexity index is 306. The largest absolute Gasteiger partial charge is 0.506 e. The lowest BCUT2D eigenvalue weighted by Crippen LogP contribution is -2.22. The number of hydrogen-bond donors (Lipinski definition) is 4. The van der Waals surface area contributed by atoms with Gasteiger partial charge in [0.05, 0.1) is 18.4 Å². The third kappa shape index (κ3) is 3.17. The van der Waals surface area contributed by atoms with Gasteiger partial charge in [-0.15, -0.1) is 0 Å². The van der Waals surface area contributed by atoms with Crippen molar-refractivity contribution in [2.24, 2.45) is 0 Å². The summed E-state index contributed by atoms with van der Waals surface area (Å²) < 4.78 is 0.781. The van der Waals surface area contributed by atoms with Crippen molar-refractivity contribution < 1.29 is 15.3 Å². The highest BCUT2D eigenvalue weighted by Crippen LogP contribution is 2.26. The molecule has 1 rings (SSSR count). The molecule has 1 aromatic rings. The molecule has 0 aromatic heterocycles. The van der Waals surface area contributed by atoms with Gasteiger partial charge in [0.25, 0.3) is 0 Å². The molecule has 4 nitrogen and oxygen atoms in total. The van der Waals surface area contributed by atoms with E-state index >= 15 is 0 Å². The van der Waals surface area contributed by atoms with Crippen molar-refractivity contribution in [3.8, 4) is 5.75 Å².